The van der Waals surface area contributed by atoms with E-state index in [0.717, 1.165) is 36.0 Å². The molecule has 100 valence electrons. The lowest BCUT2D eigenvalue weighted by Crippen LogP contribution is -2.28. The van der Waals surface area contributed by atoms with Crippen molar-refractivity contribution in [2.24, 2.45) is 11.8 Å². The molecule has 1 aliphatic carbocycles. The highest BCUT2D eigenvalue weighted by Crippen LogP contribution is 2.34. The Morgan fingerprint density at radius 2 is 2.00 bits per heavy atom. The van der Waals surface area contributed by atoms with Crippen molar-refractivity contribution in [2.45, 2.75) is 45.1 Å². The molecule has 2 rings (SSSR count). The van der Waals surface area contributed by atoms with Crippen molar-refractivity contribution in [3.8, 4) is 5.75 Å². The summed E-state index contributed by atoms with van der Waals surface area (Å²) >= 11 is 12.0. The minimum Gasteiger partial charge on any atom is -0.489 e. The number of benzene rings is 1. The Bertz CT molecular complexity index is 405. The van der Waals surface area contributed by atoms with Gasteiger partial charge in [0.25, 0.3) is 0 Å². The normalized spacial score (nSPS) is 28.1. The van der Waals surface area contributed by atoms with Gasteiger partial charge in [-0.1, -0.05) is 31.5 Å². The summed E-state index contributed by atoms with van der Waals surface area (Å²) in [4.78, 5) is 0. The number of rotatable bonds is 3. The number of hydrogen-bond acceptors (Lipinski definition) is 1. The van der Waals surface area contributed by atoms with Crippen molar-refractivity contribution in [2.75, 3.05) is 0 Å². The maximum atomic E-state index is 6.21. The first-order valence-corrected chi connectivity index (χ1v) is 7.52. The predicted molar refractivity (Wildman–Crippen MR) is 77.6 cm³/mol. The molecule has 1 nitrogen and oxygen atoms in total. The Morgan fingerprint density at radius 1 is 1.22 bits per heavy atom. The topological polar surface area (TPSA) is 9.23 Å². The van der Waals surface area contributed by atoms with Crippen molar-refractivity contribution in [3.63, 3.8) is 0 Å². The summed E-state index contributed by atoms with van der Waals surface area (Å²) in [6.07, 6.45) is 3.78. The quantitative estimate of drug-likeness (QED) is 0.687. The summed E-state index contributed by atoms with van der Waals surface area (Å²) in [5.41, 5.74) is 1.03. The van der Waals surface area contributed by atoms with Gasteiger partial charge >= 0.3 is 0 Å². The zero-order chi connectivity index (χ0) is 13.1. The lowest BCUT2D eigenvalue weighted by Gasteiger charge is -2.32. The zero-order valence-electron chi connectivity index (χ0n) is 11.0. The standard InChI is InChI=1S/C15H20Cl2O/c1-10-3-5-13(7-11(10)2)18-15-6-4-12(9-16)8-14(15)17/h4,6,8,10-11,13H,3,5,7,9H2,1-2H3. The zero-order valence-corrected chi connectivity index (χ0v) is 12.5. The molecule has 0 bridgehead atoms. The van der Waals surface area contributed by atoms with Crippen molar-refractivity contribution in [1.82, 2.24) is 0 Å². The fourth-order valence-corrected chi connectivity index (χ4v) is 2.92. The van der Waals surface area contributed by atoms with Crippen LogP contribution in [0.2, 0.25) is 5.02 Å². The van der Waals surface area contributed by atoms with Crippen LogP contribution in [0.4, 0.5) is 0 Å². The molecule has 3 atom stereocenters. The van der Waals surface area contributed by atoms with Crippen LogP contribution in [-0.2, 0) is 5.88 Å². The van der Waals surface area contributed by atoms with E-state index in [1.807, 2.05) is 18.2 Å². The lowest BCUT2D eigenvalue weighted by atomic mass is 9.80. The average Bonchev–Trinajstić information content (AvgIpc) is 2.36. The third-order valence-corrected chi connectivity index (χ3v) is 4.60. The summed E-state index contributed by atoms with van der Waals surface area (Å²) < 4.78 is 6.03. The second kappa shape index (κ2) is 6.16. The Kier molecular flexibility index (Phi) is 4.80. The van der Waals surface area contributed by atoms with Crippen LogP contribution in [0.1, 0.15) is 38.7 Å². The van der Waals surface area contributed by atoms with Crippen LogP contribution in [-0.4, -0.2) is 6.10 Å². The first-order valence-electron chi connectivity index (χ1n) is 6.61. The highest BCUT2D eigenvalue weighted by Gasteiger charge is 2.26. The SMILES string of the molecule is CC1CCC(Oc2ccc(CCl)cc2Cl)CC1C. The van der Waals surface area contributed by atoms with E-state index in [-0.39, 0.29) is 0 Å². The van der Waals surface area contributed by atoms with Crippen LogP contribution in [0.5, 0.6) is 5.75 Å². The first kappa shape index (κ1) is 14.0. The molecule has 0 spiro atoms. The van der Waals surface area contributed by atoms with E-state index in [4.69, 9.17) is 27.9 Å². The van der Waals surface area contributed by atoms with E-state index >= 15 is 0 Å². The van der Waals surface area contributed by atoms with E-state index in [9.17, 15) is 0 Å². The van der Waals surface area contributed by atoms with Gasteiger partial charge in [0.1, 0.15) is 5.75 Å². The first-order chi connectivity index (χ1) is 8.60. The van der Waals surface area contributed by atoms with Crippen LogP contribution < -0.4 is 4.74 Å². The third-order valence-electron chi connectivity index (χ3n) is 3.99. The van der Waals surface area contributed by atoms with Gasteiger partial charge in [0.2, 0.25) is 0 Å². The van der Waals surface area contributed by atoms with Crippen molar-refractivity contribution in [1.29, 1.82) is 0 Å². The minimum absolute atomic E-state index is 0.301. The Morgan fingerprint density at radius 3 is 2.61 bits per heavy atom. The fourth-order valence-electron chi connectivity index (χ4n) is 2.51. The van der Waals surface area contributed by atoms with E-state index in [0.29, 0.717) is 17.0 Å². The van der Waals surface area contributed by atoms with Crippen LogP contribution in [0.3, 0.4) is 0 Å². The second-order valence-corrected chi connectivity index (χ2v) is 6.08. The summed E-state index contributed by atoms with van der Waals surface area (Å²) in [5, 5.41) is 0.666. The molecule has 1 aromatic rings. The van der Waals surface area contributed by atoms with Crippen LogP contribution in [0.15, 0.2) is 18.2 Å². The molecule has 0 saturated heterocycles. The van der Waals surface area contributed by atoms with Gasteiger partial charge < -0.3 is 4.74 Å². The summed E-state index contributed by atoms with van der Waals surface area (Å²) in [5.74, 6) is 2.80. The van der Waals surface area contributed by atoms with Gasteiger partial charge in [-0.2, -0.15) is 0 Å². The van der Waals surface area contributed by atoms with E-state index < -0.39 is 0 Å². The second-order valence-electron chi connectivity index (χ2n) is 5.41. The maximum absolute atomic E-state index is 6.21. The van der Waals surface area contributed by atoms with Gasteiger partial charge in [0.15, 0.2) is 0 Å². The Hall–Kier alpha value is -0.400. The monoisotopic (exact) mass is 286 g/mol. The van der Waals surface area contributed by atoms with Gasteiger partial charge in [-0.15, -0.1) is 11.6 Å². The number of ether oxygens (including phenoxy) is 1. The van der Waals surface area contributed by atoms with Crippen molar-refractivity contribution in [3.05, 3.63) is 28.8 Å². The molecule has 1 fully saturated rings. The molecular weight excluding hydrogens is 267 g/mol. The molecular formula is C15H20Cl2O. The highest BCUT2D eigenvalue weighted by atomic mass is 35.5. The number of alkyl halides is 1. The number of halogens is 2. The highest BCUT2D eigenvalue weighted by molar-refractivity contribution is 6.32. The lowest BCUT2D eigenvalue weighted by molar-refractivity contribution is 0.101. The van der Waals surface area contributed by atoms with Gasteiger partial charge in [-0.25, -0.2) is 0 Å². The minimum atomic E-state index is 0.301. The van der Waals surface area contributed by atoms with Crippen LogP contribution in [0.25, 0.3) is 0 Å². The number of hydrogen-bond donors (Lipinski definition) is 0. The summed E-state index contributed by atoms with van der Waals surface area (Å²) in [6, 6.07) is 5.80. The Labute approximate surface area is 119 Å². The van der Waals surface area contributed by atoms with E-state index in [1.165, 1.54) is 6.42 Å². The largest absolute Gasteiger partial charge is 0.489 e. The third kappa shape index (κ3) is 3.33. The molecule has 0 amide bonds. The average molecular weight is 287 g/mol. The molecule has 3 heteroatoms. The van der Waals surface area contributed by atoms with E-state index in [2.05, 4.69) is 13.8 Å². The molecule has 0 radical (unpaired) electrons. The van der Waals surface area contributed by atoms with Crippen LogP contribution >= 0.6 is 23.2 Å². The molecule has 0 aromatic heterocycles. The van der Waals surface area contributed by atoms with Gasteiger partial charge in [0, 0.05) is 5.88 Å². The molecule has 1 aromatic carbocycles. The molecule has 1 aliphatic rings. The summed E-state index contributed by atoms with van der Waals surface area (Å²) in [7, 11) is 0. The van der Waals surface area contributed by atoms with Crippen LogP contribution in [0, 0.1) is 11.8 Å². The predicted octanol–water partition coefficient (Wildman–Crippen LogP) is 5.28. The molecule has 0 aliphatic heterocycles. The summed E-state index contributed by atoms with van der Waals surface area (Å²) in [6.45, 7) is 4.63. The van der Waals surface area contributed by atoms with Gasteiger partial charge in [0.05, 0.1) is 11.1 Å². The van der Waals surface area contributed by atoms with Crippen molar-refractivity contribution < 1.29 is 4.74 Å². The molecule has 0 heterocycles. The fraction of sp³-hybridized carbons (Fsp3) is 0.600. The molecule has 18 heavy (non-hydrogen) atoms. The maximum Gasteiger partial charge on any atom is 0.138 e. The van der Waals surface area contributed by atoms with Gasteiger partial charge in [-0.05, 0) is 48.8 Å². The van der Waals surface area contributed by atoms with Crippen molar-refractivity contribution >= 4 is 23.2 Å². The smallest absolute Gasteiger partial charge is 0.138 e. The molecule has 1 saturated carbocycles. The molecule has 0 N–H and O–H groups in total. The van der Waals surface area contributed by atoms with Gasteiger partial charge in [-0.3, -0.25) is 0 Å². The molecule has 3 unspecified atom stereocenters. The van der Waals surface area contributed by atoms with E-state index in [1.54, 1.807) is 0 Å². The Balaban J connectivity index is 2.01.